The van der Waals surface area contributed by atoms with Crippen molar-refractivity contribution in [2.45, 2.75) is 85.4 Å². The van der Waals surface area contributed by atoms with Crippen LogP contribution < -0.4 is 16.0 Å². The van der Waals surface area contributed by atoms with Crippen molar-refractivity contribution in [3.8, 4) is 0 Å². The Kier molecular flexibility index (Phi) is 7.17. The van der Waals surface area contributed by atoms with Crippen molar-refractivity contribution < 1.29 is 14.7 Å². The molecule has 2 rings (SSSR count). The minimum atomic E-state index is -0.523. The summed E-state index contributed by atoms with van der Waals surface area (Å²) in [6.45, 7) is 12.8. The van der Waals surface area contributed by atoms with E-state index in [9.17, 15) is 14.7 Å². The molecule has 4 N–H and O–H groups in total. The first kappa shape index (κ1) is 22.0. The molecule has 156 valence electrons. The van der Waals surface area contributed by atoms with Crippen molar-refractivity contribution in [2.24, 2.45) is 29.1 Å². The van der Waals surface area contributed by atoms with Crippen LogP contribution in [0.4, 0.5) is 4.79 Å². The molecular weight excluding hydrogens is 342 g/mol. The van der Waals surface area contributed by atoms with E-state index < -0.39 is 6.10 Å². The lowest BCUT2D eigenvalue weighted by Gasteiger charge is -2.56. The fourth-order valence-corrected chi connectivity index (χ4v) is 5.49. The maximum atomic E-state index is 12.5. The van der Waals surface area contributed by atoms with Crippen LogP contribution in [0.25, 0.3) is 0 Å². The van der Waals surface area contributed by atoms with Crippen molar-refractivity contribution in [2.75, 3.05) is 6.54 Å². The van der Waals surface area contributed by atoms with Crippen LogP contribution in [0.1, 0.15) is 67.2 Å². The van der Waals surface area contributed by atoms with Gasteiger partial charge in [-0.2, -0.15) is 0 Å². The van der Waals surface area contributed by atoms with Gasteiger partial charge in [0.1, 0.15) is 0 Å². The average Bonchev–Trinajstić information content (AvgIpc) is 2.57. The van der Waals surface area contributed by atoms with Gasteiger partial charge in [-0.25, -0.2) is 4.79 Å². The molecule has 0 spiro atoms. The Bertz CT molecular complexity index is 539. The number of fused-ring (bicyclic) bond motifs is 1. The minimum absolute atomic E-state index is 0.0260. The Morgan fingerprint density at radius 3 is 2.41 bits per heavy atom. The molecule has 6 nitrogen and oxygen atoms in total. The van der Waals surface area contributed by atoms with E-state index in [1.807, 2.05) is 27.7 Å². The molecule has 2 fully saturated rings. The van der Waals surface area contributed by atoms with Crippen molar-refractivity contribution in [1.82, 2.24) is 16.0 Å². The third kappa shape index (κ3) is 4.76. The first-order valence-corrected chi connectivity index (χ1v) is 10.6. The van der Waals surface area contributed by atoms with Crippen LogP contribution in [0, 0.1) is 29.1 Å². The number of amides is 3. The van der Waals surface area contributed by atoms with Crippen LogP contribution in [-0.2, 0) is 4.79 Å². The van der Waals surface area contributed by atoms with Gasteiger partial charge in [0.05, 0.1) is 6.10 Å². The molecule has 2 saturated carbocycles. The maximum Gasteiger partial charge on any atom is 0.315 e. The molecule has 2 aliphatic rings. The van der Waals surface area contributed by atoms with E-state index in [4.69, 9.17) is 0 Å². The Hall–Kier alpha value is -1.30. The van der Waals surface area contributed by atoms with E-state index in [0.717, 1.165) is 25.7 Å². The topological polar surface area (TPSA) is 90.5 Å². The number of hydrogen-bond donors (Lipinski definition) is 4. The van der Waals surface area contributed by atoms with Crippen molar-refractivity contribution in [1.29, 1.82) is 0 Å². The molecule has 0 radical (unpaired) electrons. The number of hydrogen-bond acceptors (Lipinski definition) is 3. The van der Waals surface area contributed by atoms with Gasteiger partial charge < -0.3 is 21.1 Å². The molecule has 6 heteroatoms. The van der Waals surface area contributed by atoms with Gasteiger partial charge in [-0.1, -0.05) is 20.8 Å². The molecule has 3 amide bonds. The lowest BCUT2D eigenvalue weighted by atomic mass is 9.51. The summed E-state index contributed by atoms with van der Waals surface area (Å²) in [6.07, 6.45) is 3.31. The second-order valence-corrected chi connectivity index (χ2v) is 9.33. The standard InChI is InChI=1S/C21H39N3O3/c1-7-22-20(27)24-16-9-11-21(6)10-8-15(18(25)17(21)14(16)5)13(4)19(26)23-12(2)3/h12-18,25H,7-11H2,1-6H3,(H,23,26)(H2,22,24,27)/t13-,14+,15?,16-,17+,18-,21-/m0/s1. The van der Waals surface area contributed by atoms with Crippen LogP contribution >= 0.6 is 0 Å². The van der Waals surface area contributed by atoms with Crippen LogP contribution in [0.2, 0.25) is 0 Å². The van der Waals surface area contributed by atoms with Crippen molar-refractivity contribution in [3.63, 3.8) is 0 Å². The number of aliphatic hydroxyl groups is 1. The van der Waals surface area contributed by atoms with E-state index in [2.05, 4.69) is 29.8 Å². The Labute approximate surface area is 164 Å². The van der Waals surface area contributed by atoms with E-state index >= 15 is 0 Å². The SMILES string of the molecule is CCNC(=O)N[C@H]1CC[C@]2(C)CCC([C@H](C)C(=O)NC(C)C)[C@H](O)[C@H]2[C@@H]1C. The summed E-state index contributed by atoms with van der Waals surface area (Å²) in [5.41, 5.74) is 0.0724. The summed E-state index contributed by atoms with van der Waals surface area (Å²) >= 11 is 0. The van der Waals surface area contributed by atoms with Gasteiger partial charge in [0, 0.05) is 24.5 Å². The minimum Gasteiger partial charge on any atom is -0.392 e. The molecule has 0 aliphatic heterocycles. The molecular formula is C21H39N3O3. The van der Waals surface area contributed by atoms with E-state index in [1.165, 1.54) is 0 Å². The van der Waals surface area contributed by atoms with Crippen LogP contribution in [0.15, 0.2) is 0 Å². The molecule has 1 unspecified atom stereocenters. The van der Waals surface area contributed by atoms with E-state index in [0.29, 0.717) is 6.54 Å². The highest BCUT2D eigenvalue weighted by molar-refractivity contribution is 5.79. The molecule has 0 aromatic rings. The molecule has 27 heavy (non-hydrogen) atoms. The zero-order valence-corrected chi connectivity index (χ0v) is 17.8. The van der Waals surface area contributed by atoms with Gasteiger partial charge in [0.15, 0.2) is 0 Å². The summed E-state index contributed by atoms with van der Waals surface area (Å²) in [5, 5.41) is 20.2. The maximum absolute atomic E-state index is 12.5. The predicted octanol–water partition coefficient (Wildman–Crippen LogP) is 2.66. The Morgan fingerprint density at radius 1 is 1.19 bits per heavy atom. The monoisotopic (exact) mass is 381 g/mol. The lowest BCUT2D eigenvalue weighted by molar-refractivity contribution is -0.142. The molecule has 0 bridgehead atoms. The molecule has 0 saturated heterocycles. The smallest absolute Gasteiger partial charge is 0.315 e. The van der Waals surface area contributed by atoms with Gasteiger partial charge in [-0.15, -0.1) is 0 Å². The molecule has 2 aliphatic carbocycles. The largest absolute Gasteiger partial charge is 0.392 e. The normalized spacial score (nSPS) is 37.3. The Balaban J connectivity index is 2.14. The number of carbonyl (C=O) groups is 2. The lowest BCUT2D eigenvalue weighted by Crippen LogP contribution is -2.59. The third-order valence-electron chi connectivity index (χ3n) is 7.03. The molecule has 0 heterocycles. The molecule has 7 atom stereocenters. The van der Waals surface area contributed by atoms with E-state index in [1.54, 1.807) is 0 Å². The highest BCUT2D eigenvalue weighted by atomic mass is 16.3. The Morgan fingerprint density at radius 2 is 1.81 bits per heavy atom. The predicted molar refractivity (Wildman–Crippen MR) is 107 cm³/mol. The van der Waals surface area contributed by atoms with Gasteiger partial charge >= 0.3 is 6.03 Å². The summed E-state index contributed by atoms with van der Waals surface area (Å²) < 4.78 is 0. The average molecular weight is 382 g/mol. The molecule has 0 aromatic heterocycles. The van der Waals surface area contributed by atoms with Gasteiger partial charge in [-0.3, -0.25) is 4.79 Å². The third-order valence-corrected chi connectivity index (χ3v) is 7.03. The fraction of sp³-hybridized carbons (Fsp3) is 0.905. The van der Waals surface area contributed by atoms with Gasteiger partial charge in [0.25, 0.3) is 0 Å². The quantitative estimate of drug-likeness (QED) is 0.590. The first-order chi connectivity index (χ1) is 12.6. The van der Waals surface area contributed by atoms with E-state index in [-0.39, 0.29) is 53.1 Å². The summed E-state index contributed by atoms with van der Waals surface area (Å²) in [6, 6.07) is 0.0255. The van der Waals surface area contributed by atoms with Crippen molar-refractivity contribution in [3.05, 3.63) is 0 Å². The zero-order chi connectivity index (χ0) is 20.4. The van der Waals surface area contributed by atoms with Crippen LogP contribution in [0.3, 0.4) is 0 Å². The molecule has 0 aromatic carbocycles. The summed E-state index contributed by atoms with van der Waals surface area (Å²) in [4.78, 5) is 24.5. The van der Waals surface area contributed by atoms with Gasteiger partial charge in [0.2, 0.25) is 5.91 Å². The number of nitrogens with one attached hydrogen (secondary N) is 3. The highest BCUT2D eigenvalue weighted by Gasteiger charge is 2.53. The van der Waals surface area contributed by atoms with Crippen LogP contribution in [0.5, 0.6) is 0 Å². The number of aliphatic hydroxyl groups excluding tert-OH is 1. The first-order valence-electron chi connectivity index (χ1n) is 10.6. The number of urea groups is 1. The van der Waals surface area contributed by atoms with Gasteiger partial charge in [-0.05, 0) is 69.6 Å². The fourth-order valence-electron chi connectivity index (χ4n) is 5.49. The zero-order valence-electron chi connectivity index (χ0n) is 17.8. The van der Waals surface area contributed by atoms with Crippen LogP contribution in [-0.4, -0.2) is 41.8 Å². The summed E-state index contributed by atoms with van der Waals surface area (Å²) in [7, 11) is 0. The summed E-state index contributed by atoms with van der Waals surface area (Å²) in [5.74, 6) is 0.0391. The number of rotatable bonds is 5. The highest BCUT2D eigenvalue weighted by Crippen LogP contribution is 2.55. The second-order valence-electron chi connectivity index (χ2n) is 9.33. The second kappa shape index (κ2) is 8.80. The number of carbonyl (C=O) groups excluding carboxylic acids is 2. The van der Waals surface area contributed by atoms with Crippen molar-refractivity contribution >= 4 is 11.9 Å².